The number of methoxy groups -OCH3 is 1. The van der Waals surface area contributed by atoms with Crippen molar-refractivity contribution in [2.75, 3.05) is 33.4 Å². The predicted molar refractivity (Wildman–Crippen MR) is 72.7 cm³/mol. The highest BCUT2D eigenvalue weighted by Crippen LogP contribution is 2.19. The fourth-order valence-corrected chi connectivity index (χ4v) is 2.33. The summed E-state index contributed by atoms with van der Waals surface area (Å²) in [4.78, 5) is 5.78. The molecule has 1 atom stereocenters. The van der Waals surface area contributed by atoms with Gasteiger partial charge in [-0.15, -0.1) is 11.3 Å². The van der Waals surface area contributed by atoms with Crippen LogP contribution in [0.1, 0.15) is 29.8 Å². The summed E-state index contributed by atoms with van der Waals surface area (Å²) >= 11 is 1.80. The lowest BCUT2D eigenvalue weighted by Crippen LogP contribution is -2.30. The first-order valence-electron chi connectivity index (χ1n) is 6.15. The molecule has 1 aromatic rings. The number of thiazole rings is 1. The molecule has 0 spiro atoms. The molecular formula is C12H23N3OS. The van der Waals surface area contributed by atoms with Crippen LogP contribution in [-0.2, 0) is 11.2 Å². The van der Waals surface area contributed by atoms with Crippen LogP contribution in [-0.4, -0.2) is 38.3 Å². The van der Waals surface area contributed by atoms with Crippen molar-refractivity contribution in [3.63, 3.8) is 0 Å². The van der Waals surface area contributed by atoms with Gasteiger partial charge in [-0.1, -0.05) is 6.92 Å². The van der Waals surface area contributed by atoms with E-state index < -0.39 is 0 Å². The smallest absolute Gasteiger partial charge is 0.109 e. The van der Waals surface area contributed by atoms with Crippen molar-refractivity contribution in [1.29, 1.82) is 0 Å². The van der Waals surface area contributed by atoms with Crippen LogP contribution in [0.2, 0.25) is 0 Å². The van der Waals surface area contributed by atoms with E-state index >= 15 is 0 Å². The lowest BCUT2D eigenvalue weighted by atomic mass is 10.3. The van der Waals surface area contributed by atoms with Gasteiger partial charge in [0.2, 0.25) is 0 Å². The Kier molecular flexibility index (Phi) is 7.35. The lowest BCUT2D eigenvalue weighted by Gasteiger charge is -2.11. The van der Waals surface area contributed by atoms with Gasteiger partial charge in [0.05, 0.1) is 12.6 Å². The van der Waals surface area contributed by atoms with Gasteiger partial charge in [0, 0.05) is 37.8 Å². The van der Waals surface area contributed by atoms with Gasteiger partial charge in [-0.2, -0.15) is 0 Å². The van der Waals surface area contributed by atoms with Gasteiger partial charge in [0.1, 0.15) is 5.01 Å². The molecule has 1 heterocycles. The van der Waals surface area contributed by atoms with E-state index in [1.54, 1.807) is 18.4 Å². The highest BCUT2D eigenvalue weighted by Gasteiger charge is 2.08. The monoisotopic (exact) mass is 257 g/mol. The summed E-state index contributed by atoms with van der Waals surface area (Å²) in [6.07, 6.45) is 3.05. The Morgan fingerprint density at radius 1 is 1.41 bits per heavy atom. The maximum Gasteiger partial charge on any atom is 0.109 e. The zero-order valence-corrected chi connectivity index (χ0v) is 11.8. The fraction of sp³-hybridized carbons (Fsp3) is 0.750. The Hall–Kier alpha value is -0.490. The molecule has 2 N–H and O–H groups in total. The van der Waals surface area contributed by atoms with Crippen molar-refractivity contribution in [3.05, 3.63) is 16.1 Å². The molecule has 1 unspecified atom stereocenters. The van der Waals surface area contributed by atoms with E-state index in [1.165, 1.54) is 9.88 Å². The van der Waals surface area contributed by atoms with E-state index in [9.17, 15) is 0 Å². The van der Waals surface area contributed by atoms with Gasteiger partial charge in [0.15, 0.2) is 0 Å². The van der Waals surface area contributed by atoms with Crippen molar-refractivity contribution in [2.45, 2.75) is 26.3 Å². The molecule has 0 aromatic carbocycles. The van der Waals surface area contributed by atoms with Gasteiger partial charge >= 0.3 is 0 Å². The number of hydrogen-bond donors (Lipinski definition) is 2. The van der Waals surface area contributed by atoms with Crippen LogP contribution in [0.4, 0.5) is 0 Å². The first kappa shape index (κ1) is 14.6. The highest BCUT2D eigenvalue weighted by atomic mass is 32.1. The molecule has 0 radical (unpaired) electrons. The summed E-state index contributed by atoms with van der Waals surface area (Å²) in [5.41, 5.74) is 0. The average Bonchev–Trinajstić information content (AvgIpc) is 2.82. The molecule has 17 heavy (non-hydrogen) atoms. The number of nitrogens with zero attached hydrogens (tertiary/aromatic N) is 1. The molecular weight excluding hydrogens is 234 g/mol. The Morgan fingerprint density at radius 2 is 2.24 bits per heavy atom. The standard InChI is InChI=1S/C12H23N3OS/c1-4-11-9-15-12(17-11)10(2)14-6-5-13-7-8-16-3/h9-10,13-14H,4-8H2,1-3H3. The second-order valence-corrected chi connectivity index (χ2v) is 5.08. The van der Waals surface area contributed by atoms with Crippen molar-refractivity contribution < 1.29 is 4.74 Å². The number of nitrogens with one attached hydrogen (secondary N) is 2. The van der Waals surface area contributed by atoms with Gasteiger partial charge in [-0.25, -0.2) is 4.98 Å². The fourth-order valence-electron chi connectivity index (χ4n) is 1.45. The number of hydrogen-bond acceptors (Lipinski definition) is 5. The zero-order chi connectivity index (χ0) is 12.5. The van der Waals surface area contributed by atoms with Crippen LogP contribution in [0, 0.1) is 0 Å². The van der Waals surface area contributed by atoms with E-state index in [-0.39, 0.29) is 0 Å². The second kappa shape index (κ2) is 8.58. The minimum absolute atomic E-state index is 0.338. The van der Waals surface area contributed by atoms with E-state index in [2.05, 4.69) is 29.5 Å². The highest BCUT2D eigenvalue weighted by molar-refractivity contribution is 7.11. The quantitative estimate of drug-likeness (QED) is 0.660. The first-order chi connectivity index (χ1) is 8.27. The maximum atomic E-state index is 4.96. The Labute approximate surface area is 108 Å². The molecule has 0 amide bonds. The summed E-state index contributed by atoms with van der Waals surface area (Å²) in [5.74, 6) is 0. The third-order valence-corrected chi connectivity index (χ3v) is 3.85. The summed E-state index contributed by atoms with van der Waals surface area (Å²) in [5, 5.41) is 7.94. The van der Waals surface area contributed by atoms with Crippen LogP contribution in [0.3, 0.4) is 0 Å². The number of ether oxygens (including phenoxy) is 1. The van der Waals surface area contributed by atoms with Crippen LogP contribution in [0.25, 0.3) is 0 Å². The van der Waals surface area contributed by atoms with E-state index in [0.717, 1.165) is 32.7 Å². The topological polar surface area (TPSA) is 46.2 Å². The van der Waals surface area contributed by atoms with Crippen LogP contribution in [0.15, 0.2) is 6.20 Å². The molecule has 1 aromatic heterocycles. The second-order valence-electron chi connectivity index (χ2n) is 3.94. The van der Waals surface area contributed by atoms with Crippen molar-refractivity contribution >= 4 is 11.3 Å². The minimum Gasteiger partial charge on any atom is -0.383 e. The van der Waals surface area contributed by atoms with Crippen LogP contribution < -0.4 is 10.6 Å². The van der Waals surface area contributed by atoms with Gasteiger partial charge in [-0.3, -0.25) is 0 Å². The van der Waals surface area contributed by atoms with E-state index in [1.807, 2.05) is 6.20 Å². The molecule has 98 valence electrons. The molecule has 0 aliphatic rings. The largest absolute Gasteiger partial charge is 0.383 e. The molecule has 0 aliphatic carbocycles. The van der Waals surface area contributed by atoms with Crippen molar-refractivity contribution in [2.24, 2.45) is 0 Å². The molecule has 0 saturated heterocycles. The summed E-state index contributed by atoms with van der Waals surface area (Å²) in [6, 6.07) is 0.338. The minimum atomic E-state index is 0.338. The predicted octanol–water partition coefficient (Wildman–Crippen LogP) is 1.59. The van der Waals surface area contributed by atoms with Crippen molar-refractivity contribution in [3.8, 4) is 0 Å². The number of aromatic nitrogens is 1. The van der Waals surface area contributed by atoms with E-state index in [0.29, 0.717) is 6.04 Å². The molecule has 5 heteroatoms. The molecule has 4 nitrogen and oxygen atoms in total. The summed E-state index contributed by atoms with van der Waals surface area (Å²) < 4.78 is 4.96. The normalized spacial score (nSPS) is 12.9. The molecule has 1 rings (SSSR count). The summed E-state index contributed by atoms with van der Waals surface area (Å²) in [7, 11) is 1.72. The average molecular weight is 257 g/mol. The third kappa shape index (κ3) is 5.59. The van der Waals surface area contributed by atoms with Crippen LogP contribution in [0.5, 0.6) is 0 Å². The Bertz CT molecular complexity index is 304. The lowest BCUT2D eigenvalue weighted by molar-refractivity contribution is 0.199. The van der Waals surface area contributed by atoms with Gasteiger partial charge in [-0.05, 0) is 13.3 Å². The molecule has 0 aliphatic heterocycles. The first-order valence-corrected chi connectivity index (χ1v) is 6.97. The maximum absolute atomic E-state index is 4.96. The Morgan fingerprint density at radius 3 is 2.88 bits per heavy atom. The SMILES string of the molecule is CCc1cnc(C(C)NCCNCCOC)s1. The zero-order valence-electron chi connectivity index (χ0n) is 11.0. The summed E-state index contributed by atoms with van der Waals surface area (Å²) in [6.45, 7) is 7.90. The van der Waals surface area contributed by atoms with Gasteiger partial charge < -0.3 is 15.4 Å². The molecule has 0 saturated carbocycles. The number of rotatable bonds is 9. The van der Waals surface area contributed by atoms with E-state index in [4.69, 9.17) is 4.74 Å². The third-order valence-electron chi connectivity index (χ3n) is 2.53. The van der Waals surface area contributed by atoms with Gasteiger partial charge in [0.25, 0.3) is 0 Å². The van der Waals surface area contributed by atoms with Crippen LogP contribution >= 0.6 is 11.3 Å². The number of aryl methyl sites for hydroxylation is 1. The molecule has 0 bridgehead atoms. The molecule has 0 fully saturated rings. The van der Waals surface area contributed by atoms with Crippen molar-refractivity contribution in [1.82, 2.24) is 15.6 Å². The Balaban J connectivity index is 2.14.